The van der Waals surface area contributed by atoms with Crippen LogP contribution in [0.5, 0.6) is 0 Å². The van der Waals surface area contributed by atoms with E-state index in [9.17, 15) is 14.4 Å². The van der Waals surface area contributed by atoms with Gasteiger partial charge in [-0.25, -0.2) is 4.79 Å². The molecule has 1 aliphatic heterocycles. The molecule has 0 saturated carbocycles. The van der Waals surface area contributed by atoms with Crippen molar-refractivity contribution in [3.8, 4) is 5.69 Å². The fourth-order valence-corrected chi connectivity index (χ4v) is 4.34. The van der Waals surface area contributed by atoms with Crippen molar-refractivity contribution in [1.29, 1.82) is 0 Å². The van der Waals surface area contributed by atoms with Gasteiger partial charge in [0.15, 0.2) is 5.78 Å². The first kappa shape index (κ1) is 21.6. The van der Waals surface area contributed by atoms with Gasteiger partial charge in [-0.15, -0.1) is 0 Å². The number of nitrogens with one attached hydrogen (secondary N) is 1. The largest absolute Gasteiger partial charge is 0.325 e. The summed E-state index contributed by atoms with van der Waals surface area (Å²) in [5.41, 5.74) is 5.06. The first-order valence-corrected chi connectivity index (χ1v) is 10.6. The Morgan fingerprint density at radius 3 is 2.28 bits per heavy atom. The normalized spacial score (nSPS) is 18.2. The Balaban J connectivity index is 1.62. The molecule has 164 valence electrons. The number of carbonyl (C=O) groups is 3. The van der Waals surface area contributed by atoms with Gasteiger partial charge in [-0.3, -0.25) is 14.5 Å². The highest BCUT2D eigenvalue weighted by Gasteiger charge is 2.49. The minimum Gasteiger partial charge on any atom is -0.319 e. The molecule has 2 heterocycles. The highest BCUT2D eigenvalue weighted by Crippen LogP contribution is 2.29. The predicted molar refractivity (Wildman–Crippen MR) is 123 cm³/mol. The lowest BCUT2D eigenvalue weighted by molar-refractivity contribution is -0.130. The van der Waals surface area contributed by atoms with Crippen LogP contribution in [0.3, 0.4) is 0 Å². The summed E-state index contributed by atoms with van der Waals surface area (Å²) in [6.45, 7) is 9.31. The van der Waals surface area contributed by atoms with Crippen LogP contribution in [0.4, 0.5) is 4.79 Å². The van der Waals surface area contributed by atoms with E-state index in [-0.39, 0.29) is 12.3 Å². The van der Waals surface area contributed by atoms with Crippen molar-refractivity contribution in [2.75, 3.05) is 6.54 Å². The van der Waals surface area contributed by atoms with E-state index in [2.05, 4.69) is 31.3 Å². The standard InChI is InChI=1S/C26H27N3O3/c1-16-11-12-21(13-17(16)2)29-18(3)14-22(19(29)4)23(30)15-28-24(31)26(5,27-25(28)32)20-9-7-6-8-10-20/h6-14H,15H2,1-5H3,(H,27,32). The number of benzene rings is 2. The first-order chi connectivity index (χ1) is 15.1. The monoisotopic (exact) mass is 429 g/mol. The molecule has 1 N–H and O–H groups in total. The summed E-state index contributed by atoms with van der Waals surface area (Å²) < 4.78 is 2.03. The molecule has 0 radical (unpaired) electrons. The molecule has 3 aromatic rings. The van der Waals surface area contributed by atoms with Crippen LogP contribution >= 0.6 is 0 Å². The minimum atomic E-state index is -1.19. The summed E-state index contributed by atoms with van der Waals surface area (Å²) in [5, 5.41) is 2.75. The zero-order chi connectivity index (χ0) is 23.2. The van der Waals surface area contributed by atoms with Crippen LogP contribution < -0.4 is 5.32 Å². The van der Waals surface area contributed by atoms with E-state index in [1.807, 2.05) is 48.7 Å². The quantitative estimate of drug-likeness (QED) is 0.484. The van der Waals surface area contributed by atoms with Crippen molar-refractivity contribution in [3.63, 3.8) is 0 Å². The number of nitrogens with zero attached hydrogens (tertiary/aromatic N) is 2. The number of imide groups is 1. The fraction of sp³-hybridized carbons (Fsp3) is 0.269. The van der Waals surface area contributed by atoms with E-state index in [0.29, 0.717) is 11.1 Å². The molecule has 1 saturated heterocycles. The summed E-state index contributed by atoms with van der Waals surface area (Å²) in [6.07, 6.45) is 0. The van der Waals surface area contributed by atoms with Crippen LogP contribution in [0.25, 0.3) is 5.69 Å². The SMILES string of the molecule is Cc1ccc(-n2c(C)cc(C(=O)CN3C(=O)NC(C)(c4ccccc4)C3=O)c2C)cc1C. The molecule has 32 heavy (non-hydrogen) atoms. The van der Waals surface area contributed by atoms with Crippen LogP contribution in [0, 0.1) is 27.7 Å². The molecule has 2 aromatic carbocycles. The Morgan fingerprint density at radius 2 is 1.62 bits per heavy atom. The maximum atomic E-state index is 13.2. The zero-order valence-electron chi connectivity index (χ0n) is 19.0. The Bertz CT molecular complexity index is 1240. The van der Waals surface area contributed by atoms with Crippen molar-refractivity contribution in [3.05, 3.63) is 88.2 Å². The molecule has 1 aliphatic rings. The number of aromatic nitrogens is 1. The molecule has 0 spiro atoms. The average Bonchev–Trinajstić information content (AvgIpc) is 3.18. The maximum absolute atomic E-state index is 13.2. The summed E-state index contributed by atoms with van der Waals surface area (Å²) in [7, 11) is 0. The van der Waals surface area contributed by atoms with E-state index < -0.39 is 17.5 Å². The number of hydrogen-bond acceptors (Lipinski definition) is 3. The van der Waals surface area contributed by atoms with Gasteiger partial charge in [0.1, 0.15) is 5.54 Å². The molecule has 1 aromatic heterocycles. The van der Waals surface area contributed by atoms with Crippen molar-refractivity contribution in [2.24, 2.45) is 0 Å². The smallest absolute Gasteiger partial charge is 0.319 e. The van der Waals surface area contributed by atoms with Crippen LogP contribution in [0.1, 0.15) is 45.4 Å². The molecule has 6 nitrogen and oxygen atoms in total. The number of urea groups is 1. The van der Waals surface area contributed by atoms with Crippen LogP contribution in [0.15, 0.2) is 54.6 Å². The van der Waals surface area contributed by atoms with Crippen molar-refractivity contribution >= 4 is 17.7 Å². The highest BCUT2D eigenvalue weighted by molar-refractivity contribution is 6.11. The van der Waals surface area contributed by atoms with E-state index in [4.69, 9.17) is 0 Å². The van der Waals surface area contributed by atoms with Gasteiger partial charge >= 0.3 is 6.03 Å². The molecular weight excluding hydrogens is 402 g/mol. The van der Waals surface area contributed by atoms with Gasteiger partial charge in [0.2, 0.25) is 0 Å². The van der Waals surface area contributed by atoms with Crippen molar-refractivity contribution < 1.29 is 14.4 Å². The molecule has 6 heteroatoms. The average molecular weight is 430 g/mol. The molecular formula is C26H27N3O3. The lowest BCUT2D eigenvalue weighted by atomic mass is 9.92. The number of hydrogen-bond donors (Lipinski definition) is 1. The topological polar surface area (TPSA) is 71.4 Å². The van der Waals surface area contributed by atoms with E-state index in [0.717, 1.165) is 22.0 Å². The number of Topliss-reactive ketones (excluding diaryl/α,β-unsaturated/α-hetero) is 1. The van der Waals surface area contributed by atoms with E-state index >= 15 is 0 Å². The van der Waals surface area contributed by atoms with Crippen molar-refractivity contribution in [2.45, 2.75) is 40.2 Å². The summed E-state index contributed by atoms with van der Waals surface area (Å²) in [6, 6.07) is 16.5. The third-order valence-corrected chi connectivity index (χ3v) is 6.41. The number of carbonyl (C=O) groups excluding carboxylic acids is 3. The molecule has 0 bridgehead atoms. The Morgan fingerprint density at radius 1 is 0.938 bits per heavy atom. The second kappa shape index (κ2) is 7.79. The predicted octanol–water partition coefficient (Wildman–Crippen LogP) is 4.36. The van der Waals surface area contributed by atoms with E-state index in [1.54, 1.807) is 19.1 Å². The summed E-state index contributed by atoms with van der Waals surface area (Å²) in [4.78, 5) is 40.0. The van der Waals surface area contributed by atoms with Gasteiger partial charge < -0.3 is 9.88 Å². The first-order valence-electron chi connectivity index (χ1n) is 10.6. The molecule has 3 amide bonds. The van der Waals surface area contributed by atoms with Gasteiger partial charge in [-0.05, 0) is 69.5 Å². The molecule has 0 aliphatic carbocycles. The Hall–Kier alpha value is -3.67. The lowest BCUT2D eigenvalue weighted by Crippen LogP contribution is -2.41. The van der Waals surface area contributed by atoms with Gasteiger partial charge in [-0.1, -0.05) is 36.4 Å². The third-order valence-electron chi connectivity index (χ3n) is 6.41. The van der Waals surface area contributed by atoms with Gasteiger partial charge in [0.25, 0.3) is 5.91 Å². The maximum Gasteiger partial charge on any atom is 0.325 e. The van der Waals surface area contributed by atoms with Crippen LogP contribution in [0.2, 0.25) is 0 Å². The number of aryl methyl sites for hydroxylation is 3. The highest BCUT2D eigenvalue weighted by atomic mass is 16.2. The van der Waals surface area contributed by atoms with Gasteiger partial charge in [-0.2, -0.15) is 0 Å². The molecule has 4 rings (SSSR count). The Kier molecular flexibility index (Phi) is 5.25. The van der Waals surface area contributed by atoms with Crippen LogP contribution in [-0.4, -0.2) is 33.7 Å². The number of ketones is 1. The summed E-state index contributed by atoms with van der Waals surface area (Å²) in [5.74, 6) is -0.695. The van der Waals surface area contributed by atoms with E-state index in [1.165, 1.54) is 11.1 Å². The summed E-state index contributed by atoms with van der Waals surface area (Å²) >= 11 is 0. The second-order valence-electron chi connectivity index (χ2n) is 8.62. The van der Waals surface area contributed by atoms with Crippen LogP contribution in [-0.2, 0) is 10.3 Å². The fourth-order valence-electron chi connectivity index (χ4n) is 4.34. The number of rotatable bonds is 5. The zero-order valence-corrected chi connectivity index (χ0v) is 19.0. The third kappa shape index (κ3) is 3.42. The van der Waals surface area contributed by atoms with Gasteiger partial charge in [0.05, 0.1) is 6.54 Å². The Labute approximate surface area is 187 Å². The molecule has 1 fully saturated rings. The number of amides is 3. The minimum absolute atomic E-state index is 0.269. The molecule has 1 atom stereocenters. The molecule has 1 unspecified atom stereocenters. The van der Waals surface area contributed by atoms with Gasteiger partial charge in [0, 0.05) is 22.6 Å². The van der Waals surface area contributed by atoms with Crippen molar-refractivity contribution in [1.82, 2.24) is 14.8 Å². The lowest BCUT2D eigenvalue weighted by Gasteiger charge is -2.22. The second-order valence-corrected chi connectivity index (χ2v) is 8.62.